The molecule has 0 aromatic carbocycles. The van der Waals surface area contributed by atoms with E-state index in [1.165, 1.54) is 5.32 Å². The van der Waals surface area contributed by atoms with Gasteiger partial charge >= 0.3 is 18.1 Å². The number of halogens is 3. The Morgan fingerprint density at radius 3 is 2.20 bits per heavy atom. The predicted octanol–water partition coefficient (Wildman–Crippen LogP) is 0.117. The first-order valence-electron chi connectivity index (χ1n) is 4.16. The van der Waals surface area contributed by atoms with E-state index in [2.05, 4.69) is 0 Å². The fraction of sp³-hybridized carbons (Fsp3) is 0.714. The number of hydrogen-bond acceptors (Lipinski definition) is 3. The number of nitrogens with one attached hydrogen (secondary N) is 1. The lowest BCUT2D eigenvalue weighted by molar-refractivity contribution is -0.172. The number of morpholine rings is 1. The molecule has 8 heteroatoms. The van der Waals surface area contributed by atoms with Crippen molar-refractivity contribution in [1.82, 2.24) is 10.2 Å². The van der Waals surface area contributed by atoms with Crippen LogP contribution in [0.2, 0.25) is 0 Å². The molecule has 1 fully saturated rings. The Balaban J connectivity index is 2.44. The number of rotatable bonds is 0. The van der Waals surface area contributed by atoms with E-state index in [1.54, 1.807) is 0 Å². The summed E-state index contributed by atoms with van der Waals surface area (Å²) in [6, 6.07) is -1.04. The predicted molar refractivity (Wildman–Crippen MR) is 42.0 cm³/mol. The molecule has 1 heterocycles. The zero-order chi connectivity index (χ0) is 11.5. The molecule has 0 spiro atoms. The van der Waals surface area contributed by atoms with Gasteiger partial charge in [-0.2, -0.15) is 13.2 Å². The third kappa shape index (κ3) is 3.39. The molecule has 0 bridgehead atoms. The Labute approximate surface area is 83.2 Å². The molecule has 0 aromatic heterocycles. The number of amides is 3. The maximum absolute atomic E-state index is 11.8. The summed E-state index contributed by atoms with van der Waals surface area (Å²) in [4.78, 5) is 22.6. The van der Waals surface area contributed by atoms with Gasteiger partial charge in [0.1, 0.15) is 0 Å². The molecule has 15 heavy (non-hydrogen) atoms. The van der Waals surface area contributed by atoms with E-state index in [9.17, 15) is 22.8 Å². The second kappa shape index (κ2) is 4.47. The van der Waals surface area contributed by atoms with E-state index in [1.807, 2.05) is 0 Å². The number of urea groups is 1. The van der Waals surface area contributed by atoms with Crippen LogP contribution < -0.4 is 5.32 Å². The SMILES string of the molecule is O=C(NC(=O)C(F)(F)F)N1CCOCC1. The van der Waals surface area contributed by atoms with Crippen LogP contribution in [0, 0.1) is 0 Å². The van der Waals surface area contributed by atoms with E-state index >= 15 is 0 Å². The highest BCUT2D eigenvalue weighted by Gasteiger charge is 2.40. The van der Waals surface area contributed by atoms with Gasteiger partial charge in [-0.1, -0.05) is 0 Å². The lowest BCUT2D eigenvalue weighted by atomic mass is 10.4. The summed E-state index contributed by atoms with van der Waals surface area (Å²) in [6.45, 7) is 0.870. The second-order valence-corrected chi connectivity index (χ2v) is 2.86. The lowest BCUT2D eigenvalue weighted by Gasteiger charge is -2.26. The Morgan fingerprint density at radius 2 is 1.73 bits per heavy atom. The average molecular weight is 226 g/mol. The third-order valence-corrected chi connectivity index (χ3v) is 1.78. The van der Waals surface area contributed by atoms with Crippen molar-refractivity contribution in [2.24, 2.45) is 0 Å². The van der Waals surface area contributed by atoms with Crippen LogP contribution in [0.1, 0.15) is 0 Å². The van der Waals surface area contributed by atoms with E-state index in [-0.39, 0.29) is 26.3 Å². The number of alkyl halides is 3. The van der Waals surface area contributed by atoms with Gasteiger partial charge in [-0.05, 0) is 0 Å². The largest absolute Gasteiger partial charge is 0.471 e. The Kier molecular flexibility index (Phi) is 3.51. The van der Waals surface area contributed by atoms with Crippen LogP contribution >= 0.6 is 0 Å². The van der Waals surface area contributed by atoms with Gasteiger partial charge in [0.2, 0.25) is 0 Å². The van der Waals surface area contributed by atoms with Crippen LogP contribution in [0.25, 0.3) is 0 Å². The number of ether oxygens (including phenoxy) is 1. The van der Waals surface area contributed by atoms with Gasteiger partial charge in [-0.15, -0.1) is 0 Å². The molecule has 0 aromatic rings. The normalized spacial score (nSPS) is 17.4. The highest BCUT2D eigenvalue weighted by molar-refractivity contribution is 5.97. The van der Waals surface area contributed by atoms with Crippen molar-refractivity contribution in [1.29, 1.82) is 0 Å². The maximum atomic E-state index is 11.8. The minimum absolute atomic E-state index is 0.178. The zero-order valence-corrected chi connectivity index (χ0v) is 7.63. The molecule has 1 saturated heterocycles. The summed E-state index contributed by atoms with van der Waals surface area (Å²) < 4.78 is 40.2. The zero-order valence-electron chi connectivity index (χ0n) is 7.63. The smallest absolute Gasteiger partial charge is 0.378 e. The number of imide groups is 1. The van der Waals surface area contributed by atoms with Gasteiger partial charge in [-0.25, -0.2) is 4.79 Å². The van der Waals surface area contributed by atoms with Crippen molar-refractivity contribution in [2.75, 3.05) is 26.3 Å². The summed E-state index contributed by atoms with van der Waals surface area (Å²) in [7, 11) is 0. The Morgan fingerprint density at radius 1 is 1.20 bits per heavy atom. The summed E-state index contributed by atoms with van der Waals surface area (Å²) in [5.41, 5.74) is 0. The number of carbonyl (C=O) groups is 2. The molecular weight excluding hydrogens is 217 g/mol. The topological polar surface area (TPSA) is 58.6 Å². The van der Waals surface area contributed by atoms with Crippen LogP contribution in [0.4, 0.5) is 18.0 Å². The van der Waals surface area contributed by atoms with E-state index < -0.39 is 18.1 Å². The molecule has 0 unspecified atom stereocenters. The van der Waals surface area contributed by atoms with Gasteiger partial charge < -0.3 is 9.64 Å². The summed E-state index contributed by atoms with van der Waals surface area (Å²) >= 11 is 0. The minimum atomic E-state index is -5.04. The van der Waals surface area contributed by atoms with Crippen molar-refractivity contribution >= 4 is 11.9 Å². The molecule has 86 valence electrons. The van der Waals surface area contributed by atoms with Gasteiger partial charge in [0, 0.05) is 13.1 Å². The summed E-state index contributed by atoms with van der Waals surface area (Å²) in [5.74, 6) is -2.25. The number of nitrogens with zero attached hydrogens (tertiary/aromatic N) is 1. The molecule has 5 nitrogen and oxygen atoms in total. The lowest BCUT2D eigenvalue weighted by Crippen LogP contribution is -2.50. The molecular formula is C7H9F3N2O3. The van der Waals surface area contributed by atoms with E-state index in [0.717, 1.165) is 4.90 Å². The molecule has 1 N–H and O–H groups in total. The fourth-order valence-electron chi connectivity index (χ4n) is 1.01. The third-order valence-electron chi connectivity index (χ3n) is 1.78. The number of carbonyl (C=O) groups excluding carboxylic acids is 2. The summed E-state index contributed by atoms with van der Waals surface area (Å²) in [5, 5.41) is 1.26. The van der Waals surface area contributed by atoms with Crippen LogP contribution in [-0.4, -0.2) is 49.3 Å². The van der Waals surface area contributed by atoms with E-state index in [0.29, 0.717) is 0 Å². The van der Waals surface area contributed by atoms with Crippen molar-refractivity contribution < 1.29 is 27.5 Å². The van der Waals surface area contributed by atoms with Crippen molar-refractivity contribution in [3.05, 3.63) is 0 Å². The average Bonchev–Trinajstić information content (AvgIpc) is 2.17. The molecule has 0 saturated carbocycles. The van der Waals surface area contributed by atoms with Crippen molar-refractivity contribution in [2.45, 2.75) is 6.18 Å². The highest BCUT2D eigenvalue weighted by atomic mass is 19.4. The highest BCUT2D eigenvalue weighted by Crippen LogP contribution is 2.14. The van der Waals surface area contributed by atoms with Crippen molar-refractivity contribution in [3.63, 3.8) is 0 Å². The molecule has 1 rings (SSSR count). The Hall–Kier alpha value is -1.31. The number of hydrogen-bond donors (Lipinski definition) is 1. The van der Waals surface area contributed by atoms with Gasteiger partial charge in [-0.3, -0.25) is 10.1 Å². The second-order valence-electron chi connectivity index (χ2n) is 2.86. The minimum Gasteiger partial charge on any atom is -0.378 e. The van der Waals surface area contributed by atoms with Gasteiger partial charge in [0.15, 0.2) is 0 Å². The molecule has 3 amide bonds. The monoisotopic (exact) mass is 226 g/mol. The fourth-order valence-corrected chi connectivity index (χ4v) is 1.01. The van der Waals surface area contributed by atoms with E-state index in [4.69, 9.17) is 4.74 Å². The standard InChI is InChI=1S/C7H9F3N2O3/c8-7(9,10)5(13)11-6(14)12-1-3-15-4-2-12/h1-4H2,(H,11,13,14). The first-order valence-corrected chi connectivity index (χ1v) is 4.16. The first-order chi connectivity index (χ1) is 6.91. The van der Waals surface area contributed by atoms with Crippen LogP contribution in [-0.2, 0) is 9.53 Å². The van der Waals surface area contributed by atoms with Crippen LogP contribution in [0.15, 0.2) is 0 Å². The Bertz CT molecular complexity index is 261. The maximum Gasteiger partial charge on any atom is 0.471 e. The van der Waals surface area contributed by atoms with Crippen LogP contribution in [0.5, 0.6) is 0 Å². The molecule has 0 atom stereocenters. The molecule has 1 aliphatic heterocycles. The van der Waals surface area contributed by atoms with Gasteiger partial charge in [0.25, 0.3) is 0 Å². The van der Waals surface area contributed by atoms with Crippen LogP contribution in [0.3, 0.4) is 0 Å². The molecule has 0 aliphatic carbocycles. The first kappa shape index (κ1) is 11.8. The quantitative estimate of drug-likeness (QED) is 0.638. The summed E-state index contributed by atoms with van der Waals surface area (Å²) in [6.07, 6.45) is -5.04. The van der Waals surface area contributed by atoms with Crippen molar-refractivity contribution in [3.8, 4) is 0 Å². The molecule has 0 radical (unpaired) electrons. The van der Waals surface area contributed by atoms with Gasteiger partial charge in [0.05, 0.1) is 13.2 Å². The molecule has 1 aliphatic rings.